The minimum Gasteiger partial charge on any atom is -0.481 e. The van der Waals surface area contributed by atoms with Crippen LogP contribution >= 0.6 is 11.6 Å². The van der Waals surface area contributed by atoms with Gasteiger partial charge in [0.05, 0.1) is 5.56 Å². The molecule has 1 saturated heterocycles. The Bertz CT molecular complexity index is 499. The summed E-state index contributed by atoms with van der Waals surface area (Å²) in [6.45, 7) is 1.29. The van der Waals surface area contributed by atoms with Crippen molar-refractivity contribution in [3.8, 4) is 0 Å². The lowest BCUT2D eigenvalue weighted by Gasteiger charge is -2.32. The van der Waals surface area contributed by atoms with E-state index < -0.39 is 5.97 Å². The third kappa shape index (κ3) is 3.70. The Morgan fingerprint density at radius 1 is 1.40 bits per heavy atom. The lowest BCUT2D eigenvalue weighted by Crippen LogP contribution is -2.38. The van der Waals surface area contributed by atoms with E-state index >= 15 is 0 Å². The first-order chi connectivity index (χ1) is 9.58. The molecule has 0 unspecified atom stereocenters. The summed E-state index contributed by atoms with van der Waals surface area (Å²) in [5.41, 5.74) is 0.429. The number of carbonyl (C=O) groups excluding carboxylic acids is 1. The minimum absolute atomic E-state index is 0.0974. The quantitative estimate of drug-likeness (QED) is 0.866. The summed E-state index contributed by atoms with van der Waals surface area (Å²) >= 11 is 5.93. The van der Waals surface area contributed by atoms with Gasteiger partial charge in [0.15, 0.2) is 0 Å². The molecule has 1 aliphatic rings. The molecule has 0 aliphatic carbocycles. The molecular formula is C14H17ClN2O3. The number of hydrogen-bond donors (Lipinski definition) is 1. The van der Waals surface area contributed by atoms with Gasteiger partial charge in [0.25, 0.3) is 5.91 Å². The molecule has 1 aromatic rings. The van der Waals surface area contributed by atoms with E-state index in [1.807, 2.05) is 0 Å². The first-order valence-electron chi connectivity index (χ1n) is 6.69. The highest BCUT2D eigenvalue weighted by Gasteiger charge is 2.25. The number of piperidine rings is 1. The number of carbonyl (C=O) groups is 2. The van der Waals surface area contributed by atoms with Crippen molar-refractivity contribution >= 4 is 23.5 Å². The Hall–Kier alpha value is -1.62. The second-order valence-electron chi connectivity index (χ2n) is 5.01. The molecular weight excluding hydrogens is 280 g/mol. The van der Waals surface area contributed by atoms with E-state index in [2.05, 4.69) is 4.98 Å². The van der Waals surface area contributed by atoms with Gasteiger partial charge in [-0.3, -0.25) is 9.59 Å². The van der Waals surface area contributed by atoms with Crippen LogP contribution in [-0.4, -0.2) is 40.0 Å². The molecule has 20 heavy (non-hydrogen) atoms. The number of aliphatic carboxylic acids is 1. The highest BCUT2D eigenvalue weighted by Crippen LogP contribution is 2.24. The van der Waals surface area contributed by atoms with Gasteiger partial charge in [-0.05, 0) is 37.3 Å². The van der Waals surface area contributed by atoms with Gasteiger partial charge in [0.1, 0.15) is 5.15 Å². The molecule has 0 atom stereocenters. The number of halogens is 1. The van der Waals surface area contributed by atoms with E-state index in [1.54, 1.807) is 23.2 Å². The molecule has 1 aromatic heterocycles. The van der Waals surface area contributed by atoms with Gasteiger partial charge >= 0.3 is 5.97 Å². The third-order valence-corrected chi connectivity index (χ3v) is 3.96. The molecule has 1 N–H and O–H groups in total. The van der Waals surface area contributed by atoms with Crippen molar-refractivity contribution < 1.29 is 14.7 Å². The van der Waals surface area contributed by atoms with Crippen LogP contribution in [0.15, 0.2) is 18.3 Å². The first-order valence-corrected chi connectivity index (χ1v) is 7.07. The monoisotopic (exact) mass is 296 g/mol. The van der Waals surface area contributed by atoms with Crippen molar-refractivity contribution in [2.75, 3.05) is 13.1 Å². The molecule has 0 aromatic carbocycles. The molecule has 1 amide bonds. The number of nitrogens with zero attached hydrogens (tertiary/aromatic N) is 2. The van der Waals surface area contributed by atoms with Crippen molar-refractivity contribution in [3.63, 3.8) is 0 Å². The van der Waals surface area contributed by atoms with Crippen molar-refractivity contribution in [1.29, 1.82) is 0 Å². The normalized spacial score (nSPS) is 16.1. The summed E-state index contributed by atoms with van der Waals surface area (Å²) in [5, 5.41) is 8.90. The van der Waals surface area contributed by atoms with Crippen LogP contribution in [0.5, 0.6) is 0 Å². The number of likely N-dealkylation sites (tertiary alicyclic amines) is 1. The number of carboxylic acid groups (broad SMARTS) is 1. The number of rotatable bonds is 4. The summed E-state index contributed by atoms with van der Waals surface area (Å²) in [5.74, 6) is -0.468. The first kappa shape index (κ1) is 14.8. The zero-order valence-electron chi connectivity index (χ0n) is 11.1. The average molecular weight is 297 g/mol. The van der Waals surface area contributed by atoms with Crippen LogP contribution in [0.2, 0.25) is 5.15 Å². The van der Waals surface area contributed by atoms with Crippen LogP contribution in [0, 0.1) is 5.92 Å². The molecule has 0 radical (unpaired) electrons. The summed E-state index contributed by atoms with van der Waals surface area (Å²) in [6, 6.07) is 3.37. The zero-order chi connectivity index (χ0) is 14.5. The summed E-state index contributed by atoms with van der Waals surface area (Å²) < 4.78 is 0. The Balaban J connectivity index is 1.89. The van der Waals surface area contributed by atoms with Crippen molar-refractivity contribution in [2.45, 2.75) is 25.7 Å². The fraction of sp³-hybridized carbons (Fsp3) is 0.500. The SMILES string of the molecule is O=C(O)CCC1CCN(C(=O)c2cccnc2Cl)CC1. The van der Waals surface area contributed by atoms with Gasteiger partial charge in [-0.2, -0.15) is 0 Å². The van der Waals surface area contributed by atoms with Gasteiger partial charge in [-0.15, -0.1) is 0 Å². The van der Waals surface area contributed by atoms with Crippen LogP contribution in [-0.2, 0) is 4.79 Å². The maximum Gasteiger partial charge on any atom is 0.303 e. The van der Waals surface area contributed by atoms with E-state index in [4.69, 9.17) is 16.7 Å². The highest BCUT2D eigenvalue weighted by molar-refractivity contribution is 6.32. The second-order valence-corrected chi connectivity index (χ2v) is 5.37. The summed E-state index contributed by atoms with van der Waals surface area (Å²) in [4.78, 5) is 28.5. The molecule has 5 nitrogen and oxygen atoms in total. The van der Waals surface area contributed by atoms with E-state index in [1.165, 1.54) is 0 Å². The van der Waals surface area contributed by atoms with E-state index in [0.717, 1.165) is 12.8 Å². The molecule has 0 spiro atoms. The van der Waals surface area contributed by atoms with Gasteiger partial charge in [0.2, 0.25) is 0 Å². The van der Waals surface area contributed by atoms with Crippen molar-refractivity contribution in [2.24, 2.45) is 5.92 Å². The predicted octanol–water partition coefficient (Wildman–Crippen LogP) is 2.45. The number of amides is 1. The maximum absolute atomic E-state index is 12.3. The molecule has 108 valence electrons. The van der Waals surface area contributed by atoms with Gasteiger partial charge in [-0.1, -0.05) is 11.6 Å². The average Bonchev–Trinajstić information content (AvgIpc) is 2.45. The van der Waals surface area contributed by atoms with Gasteiger partial charge in [-0.25, -0.2) is 4.98 Å². The number of hydrogen-bond acceptors (Lipinski definition) is 3. The number of pyridine rings is 1. The number of aromatic nitrogens is 1. The molecule has 1 aliphatic heterocycles. The van der Waals surface area contributed by atoms with Crippen LogP contribution in [0.3, 0.4) is 0 Å². The molecule has 1 fully saturated rings. The van der Waals surface area contributed by atoms with E-state index in [9.17, 15) is 9.59 Å². The third-order valence-electron chi connectivity index (χ3n) is 3.66. The fourth-order valence-electron chi connectivity index (χ4n) is 2.47. The van der Waals surface area contributed by atoms with Gasteiger partial charge in [0, 0.05) is 25.7 Å². The molecule has 0 saturated carbocycles. The predicted molar refractivity (Wildman–Crippen MR) is 74.7 cm³/mol. The van der Waals surface area contributed by atoms with Crippen molar-refractivity contribution in [3.05, 3.63) is 29.0 Å². The molecule has 6 heteroatoms. The van der Waals surface area contributed by atoms with Crippen LogP contribution < -0.4 is 0 Å². The molecule has 2 rings (SSSR count). The van der Waals surface area contributed by atoms with Crippen LogP contribution in [0.1, 0.15) is 36.0 Å². The Morgan fingerprint density at radius 3 is 2.70 bits per heavy atom. The topological polar surface area (TPSA) is 70.5 Å². The fourth-order valence-corrected chi connectivity index (χ4v) is 2.67. The van der Waals surface area contributed by atoms with Crippen LogP contribution in [0.25, 0.3) is 0 Å². The Kier molecular flexibility index (Phi) is 4.95. The lowest BCUT2D eigenvalue weighted by molar-refractivity contribution is -0.137. The van der Waals surface area contributed by atoms with E-state index in [-0.39, 0.29) is 17.5 Å². The minimum atomic E-state index is -0.759. The molecule has 2 heterocycles. The zero-order valence-corrected chi connectivity index (χ0v) is 11.8. The van der Waals surface area contributed by atoms with Crippen LogP contribution in [0.4, 0.5) is 0 Å². The Morgan fingerprint density at radius 2 is 2.10 bits per heavy atom. The maximum atomic E-state index is 12.3. The number of carboxylic acids is 1. The van der Waals surface area contributed by atoms with Gasteiger partial charge < -0.3 is 10.0 Å². The molecule has 0 bridgehead atoms. The highest BCUT2D eigenvalue weighted by atomic mass is 35.5. The van der Waals surface area contributed by atoms with E-state index in [0.29, 0.717) is 31.0 Å². The lowest BCUT2D eigenvalue weighted by atomic mass is 9.92. The standard InChI is InChI=1S/C14H17ClN2O3/c15-13-11(2-1-7-16-13)14(20)17-8-5-10(6-9-17)3-4-12(18)19/h1-2,7,10H,3-6,8-9H2,(H,18,19). The largest absolute Gasteiger partial charge is 0.481 e. The summed E-state index contributed by atoms with van der Waals surface area (Å²) in [7, 11) is 0. The second kappa shape index (κ2) is 6.70. The smallest absolute Gasteiger partial charge is 0.303 e. The Labute approximate surface area is 122 Å². The van der Waals surface area contributed by atoms with Crippen molar-refractivity contribution in [1.82, 2.24) is 9.88 Å². The summed E-state index contributed by atoms with van der Waals surface area (Å²) in [6.07, 6.45) is 4.13.